The van der Waals surface area contributed by atoms with Crippen LogP contribution in [0.5, 0.6) is 0 Å². The Morgan fingerprint density at radius 3 is 3.00 bits per heavy atom. The zero-order valence-electron chi connectivity index (χ0n) is 10.3. The van der Waals surface area contributed by atoms with Gasteiger partial charge in [0, 0.05) is 24.4 Å². The Kier molecular flexibility index (Phi) is 3.61. The molecule has 7 heteroatoms. The van der Waals surface area contributed by atoms with Crippen molar-refractivity contribution in [3.63, 3.8) is 0 Å². The minimum Gasteiger partial charge on any atom is -0.366 e. The summed E-state index contributed by atoms with van der Waals surface area (Å²) in [4.78, 5) is 18.8. The number of aromatic nitrogens is 3. The molecule has 2 rings (SSSR count). The number of nitrogens with zero attached hydrogens (tertiary/aromatic N) is 3. The van der Waals surface area contributed by atoms with Crippen LogP contribution in [0.3, 0.4) is 0 Å². The van der Waals surface area contributed by atoms with Crippen LogP contribution in [0.2, 0.25) is 0 Å². The number of likely N-dealkylation sites (N-methyl/N-ethyl adjacent to an activating group) is 1. The maximum atomic E-state index is 12.1. The Balaban J connectivity index is 2.02. The first-order valence-corrected chi connectivity index (χ1v) is 6.43. The molecule has 0 saturated carbocycles. The predicted molar refractivity (Wildman–Crippen MR) is 70.4 cm³/mol. The van der Waals surface area contributed by atoms with Gasteiger partial charge in [0.1, 0.15) is 0 Å². The summed E-state index contributed by atoms with van der Waals surface area (Å²) in [5, 5.41) is 8.21. The molecule has 0 aromatic carbocycles. The van der Waals surface area contributed by atoms with E-state index in [0.717, 1.165) is 6.42 Å². The molecule has 0 spiro atoms. The number of hydrogen-bond acceptors (Lipinski definition) is 5. The van der Waals surface area contributed by atoms with Gasteiger partial charge >= 0.3 is 0 Å². The van der Waals surface area contributed by atoms with E-state index in [1.807, 2.05) is 18.4 Å². The maximum Gasteiger partial charge on any atom is 0.291 e. The number of amides is 1. The van der Waals surface area contributed by atoms with E-state index in [-0.39, 0.29) is 23.7 Å². The second-order valence-corrected chi connectivity index (χ2v) is 5.12. The van der Waals surface area contributed by atoms with Gasteiger partial charge < -0.3 is 10.6 Å². The summed E-state index contributed by atoms with van der Waals surface area (Å²) >= 11 is 1.69. The fourth-order valence-corrected chi connectivity index (χ4v) is 2.42. The summed E-state index contributed by atoms with van der Waals surface area (Å²) in [5.41, 5.74) is 5.38. The van der Waals surface area contributed by atoms with Crippen LogP contribution in [0.15, 0.2) is 17.5 Å². The zero-order valence-corrected chi connectivity index (χ0v) is 11.1. The van der Waals surface area contributed by atoms with Crippen LogP contribution in [0.1, 0.15) is 22.4 Å². The molecular formula is C11H15N5OS. The predicted octanol–water partition coefficient (Wildman–Crippen LogP) is 1.15. The van der Waals surface area contributed by atoms with Crippen LogP contribution in [-0.4, -0.2) is 39.1 Å². The number of aromatic amines is 1. The largest absolute Gasteiger partial charge is 0.366 e. The molecule has 18 heavy (non-hydrogen) atoms. The molecule has 2 heterocycles. The van der Waals surface area contributed by atoms with Gasteiger partial charge in [0.2, 0.25) is 11.8 Å². The fourth-order valence-electron chi connectivity index (χ4n) is 1.59. The Morgan fingerprint density at radius 2 is 2.44 bits per heavy atom. The lowest BCUT2D eigenvalue weighted by Crippen LogP contribution is -2.36. The van der Waals surface area contributed by atoms with Crippen LogP contribution in [0.4, 0.5) is 5.95 Å². The Bertz CT molecular complexity index is 521. The standard InChI is InChI=1S/C11H15N5OS/c1-7(6-8-4-3-5-18-8)16(2)10(17)9-13-11(12)15-14-9/h3-5,7H,6H2,1-2H3,(H3,12,13,14,15). The number of nitrogens with two attached hydrogens (primary N) is 1. The molecule has 0 aliphatic carbocycles. The topological polar surface area (TPSA) is 87.9 Å². The summed E-state index contributed by atoms with van der Waals surface area (Å²) in [6.07, 6.45) is 0.823. The molecule has 6 nitrogen and oxygen atoms in total. The van der Waals surface area contributed by atoms with Crippen molar-refractivity contribution in [1.82, 2.24) is 20.1 Å². The van der Waals surface area contributed by atoms with Crippen molar-refractivity contribution < 1.29 is 4.79 Å². The summed E-state index contributed by atoms with van der Waals surface area (Å²) in [6, 6.07) is 4.15. The molecule has 1 atom stereocenters. The van der Waals surface area contributed by atoms with Crippen LogP contribution < -0.4 is 5.73 Å². The smallest absolute Gasteiger partial charge is 0.291 e. The lowest BCUT2D eigenvalue weighted by atomic mass is 10.2. The third-order valence-corrected chi connectivity index (χ3v) is 3.66. The zero-order chi connectivity index (χ0) is 13.1. The van der Waals surface area contributed by atoms with Crippen molar-refractivity contribution in [1.29, 1.82) is 0 Å². The third-order valence-electron chi connectivity index (χ3n) is 2.76. The monoisotopic (exact) mass is 265 g/mol. The lowest BCUT2D eigenvalue weighted by Gasteiger charge is -2.23. The van der Waals surface area contributed by atoms with E-state index in [2.05, 4.69) is 21.2 Å². The number of nitrogens with one attached hydrogen (secondary N) is 1. The number of nitrogen functional groups attached to an aromatic ring is 1. The summed E-state index contributed by atoms with van der Waals surface area (Å²) in [7, 11) is 1.75. The lowest BCUT2D eigenvalue weighted by molar-refractivity contribution is 0.0732. The van der Waals surface area contributed by atoms with Crippen LogP contribution in [0.25, 0.3) is 0 Å². The van der Waals surface area contributed by atoms with E-state index in [1.165, 1.54) is 4.88 Å². The van der Waals surface area contributed by atoms with Crippen molar-refractivity contribution in [3.8, 4) is 0 Å². The number of rotatable bonds is 4. The molecule has 0 aliphatic rings. The second kappa shape index (κ2) is 5.18. The number of carbonyl (C=O) groups excluding carboxylic acids is 1. The molecule has 0 radical (unpaired) electrons. The van der Waals surface area contributed by atoms with Gasteiger partial charge in [-0.05, 0) is 18.4 Å². The highest BCUT2D eigenvalue weighted by Gasteiger charge is 2.20. The average molecular weight is 265 g/mol. The number of anilines is 1. The van der Waals surface area contributed by atoms with Gasteiger partial charge in [-0.2, -0.15) is 4.98 Å². The van der Waals surface area contributed by atoms with Gasteiger partial charge in [0.15, 0.2) is 0 Å². The SMILES string of the molecule is CC(Cc1cccs1)N(C)C(=O)c1nc(N)n[nH]1. The number of thiophene rings is 1. The van der Waals surface area contributed by atoms with E-state index in [1.54, 1.807) is 23.3 Å². The maximum absolute atomic E-state index is 12.1. The highest BCUT2D eigenvalue weighted by Crippen LogP contribution is 2.14. The number of hydrogen-bond donors (Lipinski definition) is 2. The molecule has 0 saturated heterocycles. The molecule has 2 aromatic heterocycles. The Labute approximate surface area is 109 Å². The van der Waals surface area contributed by atoms with E-state index in [9.17, 15) is 4.79 Å². The molecule has 0 bridgehead atoms. The van der Waals surface area contributed by atoms with Gasteiger partial charge in [-0.1, -0.05) is 6.07 Å². The Hall–Kier alpha value is -1.89. The van der Waals surface area contributed by atoms with E-state index >= 15 is 0 Å². The first-order valence-electron chi connectivity index (χ1n) is 5.55. The van der Waals surface area contributed by atoms with Crippen molar-refractivity contribution in [2.45, 2.75) is 19.4 Å². The van der Waals surface area contributed by atoms with E-state index in [0.29, 0.717) is 0 Å². The van der Waals surface area contributed by atoms with Crippen LogP contribution in [0, 0.1) is 0 Å². The molecule has 96 valence electrons. The van der Waals surface area contributed by atoms with Crippen molar-refractivity contribution >= 4 is 23.2 Å². The first-order chi connectivity index (χ1) is 8.58. The average Bonchev–Trinajstić information content (AvgIpc) is 2.98. The van der Waals surface area contributed by atoms with E-state index in [4.69, 9.17) is 5.73 Å². The highest BCUT2D eigenvalue weighted by molar-refractivity contribution is 7.09. The van der Waals surface area contributed by atoms with Crippen molar-refractivity contribution in [2.24, 2.45) is 0 Å². The second-order valence-electron chi connectivity index (χ2n) is 4.09. The van der Waals surface area contributed by atoms with Gasteiger partial charge in [0.05, 0.1) is 0 Å². The molecule has 0 aliphatic heterocycles. The summed E-state index contributed by atoms with van der Waals surface area (Å²) in [6.45, 7) is 2.00. The normalized spacial score (nSPS) is 12.3. The molecule has 2 aromatic rings. The quantitative estimate of drug-likeness (QED) is 0.868. The minimum atomic E-state index is -0.205. The van der Waals surface area contributed by atoms with E-state index < -0.39 is 0 Å². The molecule has 3 N–H and O–H groups in total. The van der Waals surface area contributed by atoms with Crippen molar-refractivity contribution in [3.05, 3.63) is 28.2 Å². The highest BCUT2D eigenvalue weighted by atomic mass is 32.1. The van der Waals surface area contributed by atoms with Gasteiger partial charge in [-0.25, -0.2) is 0 Å². The molecule has 0 fully saturated rings. The summed E-state index contributed by atoms with van der Waals surface area (Å²) < 4.78 is 0. The first kappa shape index (κ1) is 12.6. The number of carbonyl (C=O) groups is 1. The molecule has 1 unspecified atom stereocenters. The molecule has 1 amide bonds. The van der Waals surface area contributed by atoms with Gasteiger partial charge in [-0.3, -0.25) is 9.89 Å². The van der Waals surface area contributed by atoms with Crippen LogP contribution >= 0.6 is 11.3 Å². The summed E-state index contributed by atoms with van der Waals surface area (Å²) in [5.74, 6) is 0.0499. The third kappa shape index (κ3) is 2.67. The van der Waals surface area contributed by atoms with Gasteiger partial charge in [-0.15, -0.1) is 16.4 Å². The molecular weight excluding hydrogens is 250 g/mol. The fraction of sp³-hybridized carbons (Fsp3) is 0.364. The van der Waals surface area contributed by atoms with Gasteiger partial charge in [0.25, 0.3) is 5.91 Å². The van der Waals surface area contributed by atoms with Crippen LogP contribution in [-0.2, 0) is 6.42 Å². The number of H-pyrrole nitrogens is 1. The Morgan fingerprint density at radius 1 is 1.67 bits per heavy atom. The minimum absolute atomic E-state index is 0.0812. The van der Waals surface area contributed by atoms with Crippen molar-refractivity contribution in [2.75, 3.05) is 12.8 Å².